The van der Waals surface area contributed by atoms with Gasteiger partial charge in [-0.3, -0.25) is 0 Å². The fourth-order valence-corrected chi connectivity index (χ4v) is 5.27. The number of rotatable bonds is 5. The Bertz CT molecular complexity index is 1250. The topological polar surface area (TPSA) is 51.0 Å². The standard InChI is InChI=1S/C30H35N3O/c1-20(26-14-8-10-22-9-5-6-13-27(22)26)31-25-12-7-11-24(19-25)21-15-17-23(18-16-21)28-32-29(34-33-28)30(2,3)4/h5-6,8-10,13-18,20,24-25,31H,7,11-12,19H2,1-4H3/t20-,24+,25+/m1/s1. The molecule has 4 aromatic rings. The van der Waals surface area contributed by atoms with E-state index in [-0.39, 0.29) is 5.41 Å². The summed E-state index contributed by atoms with van der Waals surface area (Å²) in [5.41, 5.74) is 3.67. The second-order valence-corrected chi connectivity index (χ2v) is 10.8. The first-order chi connectivity index (χ1) is 16.4. The molecular weight excluding hydrogens is 418 g/mol. The minimum absolute atomic E-state index is 0.140. The van der Waals surface area contributed by atoms with Crippen molar-refractivity contribution in [3.63, 3.8) is 0 Å². The lowest BCUT2D eigenvalue weighted by Crippen LogP contribution is -2.35. The smallest absolute Gasteiger partial charge is 0.232 e. The van der Waals surface area contributed by atoms with E-state index in [4.69, 9.17) is 4.52 Å². The monoisotopic (exact) mass is 453 g/mol. The second-order valence-electron chi connectivity index (χ2n) is 10.8. The Morgan fingerprint density at radius 1 is 0.941 bits per heavy atom. The van der Waals surface area contributed by atoms with Crippen molar-refractivity contribution in [1.29, 1.82) is 0 Å². The van der Waals surface area contributed by atoms with Crippen LogP contribution in [0.15, 0.2) is 71.3 Å². The highest BCUT2D eigenvalue weighted by atomic mass is 16.5. The number of nitrogens with one attached hydrogen (secondary N) is 1. The highest BCUT2D eigenvalue weighted by Crippen LogP contribution is 2.35. The molecule has 1 aliphatic carbocycles. The van der Waals surface area contributed by atoms with Crippen molar-refractivity contribution in [2.24, 2.45) is 0 Å². The molecule has 1 aliphatic rings. The normalized spacial score (nSPS) is 19.9. The van der Waals surface area contributed by atoms with Crippen molar-refractivity contribution >= 4 is 10.8 Å². The summed E-state index contributed by atoms with van der Waals surface area (Å²) in [6.07, 6.45) is 4.91. The van der Waals surface area contributed by atoms with E-state index in [1.54, 1.807) is 0 Å². The van der Waals surface area contributed by atoms with Crippen LogP contribution in [0.25, 0.3) is 22.2 Å². The van der Waals surface area contributed by atoms with Crippen LogP contribution in [0.3, 0.4) is 0 Å². The van der Waals surface area contributed by atoms with Gasteiger partial charge in [-0.25, -0.2) is 0 Å². The average molecular weight is 454 g/mol. The van der Waals surface area contributed by atoms with Crippen LogP contribution >= 0.6 is 0 Å². The van der Waals surface area contributed by atoms with Gasteiger partial charge in [0, 0.05) is 23.1 Å². The fraction of sp³-hybridized carbons (Fsp3) is 0.400. The van der Waals surface area contributed by atoms with Gasteiger partial charge in [0.1, 0.15) is 0 Å². The van der Waals surface area contributed by atoms with Gasteiger partial charge in [0.15, 0.2) is 0 Å². The summed E-state index contributed by atoms with van der Waals surface area (Å²) in [7, 11) is 0. The van der Waals surface area contributed by atoms with E-state index in [9.17, 15) is 0 Å². The fourth-order valence-electron chi connectivity index (χ4n) is 5.27. The van der Waals surface area contributed by atoms with Gasteiger partial charge in [0.2, 0.25) is 11.7 Å². The summed E-state index contributed by atoms with van der Waals surface area (Å²) in [6.45, 7) is 8.56. The third-order valence-electron chi connectivity index (χ3n) is 7.16. The molecule has 0 unspecified atom stereocenters. The third-order valence-corrected chi connectivity index (χ3v) is 7.16. The van der Waals surface area contributed by atoms with Crippen LogP contribution in [0.1, 0.15) is 82.4 Å². The molecule has 0 saturated heterocycles. The Morgan fingerprint density at radius 2 is 1.71 bits per heavy atom. The van der Waals surface area contributed by atoms with Crippen LogP contribution in [-0.4, -0.2) is 16.2 Å². The molecule has 176 valence electrons. The number of fused-ring (bicyclic) bond motifs is 1. The molecule has 1 N–H and O–H groups in total. The molecule has 4 nitrogen and oxygen atoms in total. The van der Waals surface area contributed by atoms with Gasteiger partial charge in [0.25, 0.3) is 0 Å². The van der Waals surface area contributed by atoms with Gasteiger partial charge in [-0.2, -0.15) is 4.98 Å². The first kappa shape index (κ1) is 22.8. The van der Waals surface area contributed by atoms with E-state index in [2.05, 4.69) is 110 Å². The Morgan fingerprint density at radius 3 is 2.47 bits per heavy atom. The van der Waals surface area contributed by atoms with Crippen molar-refractivity contribution in [2.45, 2.75) is 76.8 Å². The molecule has 1 fully saturated rings. The van der Waals surface area contributed by atoms with Crippen molar-refractivity contribution in [3.05, 3.63) is 83.7 Å². The van der Waals surface area contributed by atoms with Crippen LogP contribution in [0.2, 0.25) is 0 Å². The maximum atomic E-state index is 5.47. The van der Waals surface area contributed by atoms with E-state index in [0.29, 0.717) is 29.7 Å². The summed E-state index contributed by atoms with van der Waals surface area (Å²) >= 11 is 0. The van der Waals surface area contributed by atoms with Crippen LogP contribution in [-0.2, 0) is 5.41 Å². The Balaban J connectivity index is 1.26. The van der Waals surface area contributed by atoms with E-state index in [1.807, 2.05) is 0 Å². The van der Waals surface area contributed by atoms with Gasteiger partial charge in [-0.05, 0) is 54.0 Å². The van der Waals surface area contributed by atoms with E-state index >= 15 is 0 Å². The summed E-state index contributed by atoms with van der Waals surface area (Å²) < 4.78 is 5.47. The minimum Gasteiger partial charge on any atom is -0.338 e. The molecule has 0 amide bonds. The lowest BCUT2D eigenvalue weighted by atomic mass is 9.80. The van der Waals surface area contributed by atoms with Crippen LogP contribution in [0.4, 0.5) is 0 Å². The molecule has 3 atom stereocenters. The van der Waals surface area contributed by atoms with Crippen LogP contribution in [0, 0.1) is 0 Å². The molecule has 34 heavy (non-hydrogen) atoms. The molecule has 1 saturated carbocycles. The van der Waals surface area contributed by atoms with Gasteiger partial charge in [-0.15, -0.1) is 0 Å². The summed E-state index contributed by atoms with van der Waals surface area (Å²) in [6, 6.07) is 25.0. The van der Waals surface area contributed by atoms with Gasteiger partial charge < -0.3 is 9.84 Å². The average Bonchev–Trinajstić information content (AvgIpc) is 3.35. The number of benzene rings is 3. The maximum Gasteiger partial charge on any atom is 0.232 e. The van der Waals surface area contributed by atoms with Crippen molar-refractivity contribution < 1.29 is 4.52 Å². The van der Waals surface area contributed by atoms with E-state index in [0.717, 1.165) is 5.56 Å². The molecule has 0 spiro atoms. The predicted octanol–water partition coefficient (Wildman–Crippen LogP) is 7.56. The number of aromatic nitrogens is 2. The van der Waals surface area contributed by atoms with Gasteiger partial charge in [0.05, 0.1) is 0 Å². The van der Waals surface area contributed by atoms with E-state index < -0.39 is 0 Å². The Kier molecular flexibility index (Phi) is 6.26. The SMILES string of the molecule is C[C@@H](N[C@H]1CCC[C@H](c2ccc(-c3noc(C(C)(C)C)n3)cc2)C1)c1cccc2ccccc12. The molecule has 0 bridgehead atoms. The van der Waals surface area contributed by atoms with Crippen molar-refractivity contribution in [1.82, 2.24) is 15.5 Å². The van der Waals surface area contributed by atoms with Crippen molar-refractivity contribution in [2.75, 3.05) is 0 Å². The number of nitrogens with zero attached hydrogens (tertiary/aromatic N) is 2. The first-order valence-electron chi connectivity index (χ1n) is 12.6. The lowest BCUT2D eigenvalue weighted by Gasteiger charge is -2.32. The number of hydrogen-bond donors (Lipinski definition) is 1. The summed E-state index contributed by atoms with van der Waals surface area (Å²) in [5, 5.41) is 10.8. The summed E-state index contributed by atoms with van der Waals surface area (Å²) in [5.74, 6) is 1.92. The zero-order valence-corrected chi connectivity index (χ0v) is 20.7. The molecule has 5 rings (SSSR count). The highest BCUT2D eigenvalue weighted by molar-refractivity contribution is 5.86. The molecule has 0 aliphatic heterocycles. The third kappa shape index (κ3) is 4.78. The zero-order chi connectivity index (χ0) is 23.7. The molecule has 1 heterocycles. The lowest BCUT2D eigenvalue weighted by molar-refractivity contribution is 0.319. The van der Waals surface area contributed by atoms with Gasteiger partial charge >= 0.3 is 0 Å². The molecule has 3 aromatic carbocycles. The maximum absolute atomic E-state index is 5.47. The quantitative estimate of drug-likeness (QED) is 0.339. The highest BCUT2D eigenvalue weighted by Gasteiger charge is 2.26. The largest absolute Gasteiger partial charge is 0.338 e. The number of hydrogen-bond acceptors (Lipinski definition) is 4. The predicted molar refractivity (Wildman–Crippen MR) is 139 cm³/mol. The Hall–Kier alpha value is -2.98. The molecule has 4 heteroatoms. The molecule has 0 radical (unpaired) electrons. The van der Waals surface area contributed by atoms with E-state index in [1.165, 1.54) is 47.6 Å². The summed E-state index contributed by atoms with van der Waals surface area (Å²) in [4.78, 5) is 4.60. The van der Waals surface area contributed by atoms with Crippen LogP contribution in [0.5, 0.6) is 0 Å². The van der Waals surface area contributed by atoms with Crippen LogP contribution < -0.4 is 5.32 Å². The molecule has 1 aromatic heterocycles. The van der Waals surface area contributed by atoms with Gasteiger partial charge in [-0.1, -0.05) is 99.1 Å². The molecular formula is C30H35N3O. The first-order valence-corrected chi connectivity index (χ1v) is 12.6. The minimum atomic E-state index is -0.140. The Labute approximate surface area is 202 Å². The second kappa shape index (κ2) is 9.34. The van der Waals surface area contributed by atoms with Crippen molar-refractivity contribution in [3.8, 4) is 11.4 Å². The zero-order valence-electron chi connectivity index (χ0n) is 20.7.